The minimum absolute atomic E-state index is 0.573. The van der Waals surface area contributed by atoms with E-state index in [1.165, 1.54) is 43.7 Å². The van der Waals surface area contributed by atoms with Gasteiger partial charge in [0, 0.05) is 25.3 Å². The number of aromatic nitrogens is 1. The normalized spacial score (nSPS) is 20.2. The van der Waals surface area contributed by atoms with Crippen molar-refractivity contribution in [3.05, 3.63) is 29.6 Å². The van der Waals surface area contributed by atoms with E-state index >= 15 is 0 Å². The fourth-order valence-electron chi connectivity index (χ4n) is 2.75. The van der Waals surface area contributed by atoms with Gasteiger partial charge in [0.2, 0.25) is 0 Å². The van der Waals surface area contributed by atoms with Gasteiger partial charge < -0.3 is 5.32 Å². The third kappa shape index (κ3) is 4.29. The molecule has 0 saturated carbocycles. The van der Waals surface area contributed by atoms with Gasteiger partial charge in [0.25, 0.3) is 0 Å². The highest BCUT2D eigenvalue weighted by Crippen LogP contribution is 2.16. The summed E-state index contributed by atoms with van der Waals surface area (Å²) in [5.41, 5.74) is 2.52. The molecule has 3 heteroatoms. The van der Waals surface area contributed by atoms with Gasteiger partial charge in [-0.3, -0.25) is 9.88 Å². The van der Waals surface area contributed by atoms with E-state index in [4.69, 9.17) is 0 Å². The van der Waals surface area contributed by atoms with Crippen LogP contribution >= 0.6 is 0 Å². The van der Waals surface area contributed by atoms with Gasteiger partial charge in [0.1, 0.15) is 0 Å². The molecule has 0 amide bonds. The van der Waals surface area contributed by atoms with Crippen LogP contribution < -0.4 is 5.32 Å². The summed E-state index contributed by atoms with van der Waals surface area (Å²) in [5.74, 6) is 0.792. The topological polar surface area (TPSA) is 28.2 Å². The first-order valence-corrected chi connectivity index (χ1v) is 7.52. The molecule has 0 aromatic carbocycles. The Morgan fingerprint density at radius 2 is 2.32 bits per heavy atom. The van der Waals surface area contributed by atoms with Crippen LogP contribution in [0.5, 0.6) is 0 Å². The first kappa shape index (κ1) is 14.5. The van der Waals surface area contributed by atoms with E-state index in [0.29, 0.717) is 6.04 Å². The maximum Gasteiger partial charge on any atom is 0.0573 e. The minimum Gasteiger partial charge on any atom is -0.316 e. The van der Waals surface area contributed by atoms with Crippen molar-refractivity contribution in [3.8, 4) is 0 Å². The predicted octanol–water partition coefficient (Wildman–Crippen LogP) is 2.60. The van der Waals surface area contributed by atoms with Crippen molar-refractivity contribution in [1.82, 2.24) is 15.2 Å². The Morgan fingerprint density at radius 3 is 2.95 bits per heavy atom. The van der Waals surface area contributed by atoms with Crippen LogP contribution in [-0.4, -0.2) is 35.6 Å². The quantitative estimate of drug-likeness (QED) is 0.883. The molecule has 1 saturated heterocycles. The minimum atomic E-state index is 0.573. The standard InChI is InChI=1S/C16H27N3/c1-13(2)19(11-15-7-5-8-17-10-15)12-16-14(3)6-4-9-18-16/h4,6,9,13,15,17H,5,7-8,10-12H2,1-3H3. The molecule has 0 aliphatic carbocycles. The third-order valence-electron chi connectivity index (χ3n) is 4.09. The summed E-state index contributed by atoms with van der Waals surface area (Å²) >= 11 is 0. The molecule has 1 aromatic rings. The Labute approximate surface area is 117 Å². The van der Waals surface area contributed by atoms with Gasteiger partial charge in [-0.15, -0.1) is 0 Å². The van der Waals surface area contributed by atoms with Gasteiger partial charge in [-0.2, -0.15) is 0 Å². The maximum absolute atomic E-state index is 4.54. The number of nitrogens with zero attached hydrogens (tertiary/aromatic N) is 2. The Hall–Kier alpha value is -0.930. The zero-order valence-corrected chi connectivity index (χ0v) is 12.5. The Balaban J connectivity index is 1.97. The van der Waals surface area contributed by atoms with E-state index < -0.39 is 0 Å². The second-order valence-corrected chi connectivity index (χ2v) is 6.00. The van der Waals surface area contributed by atoms with Gasteiger partial charge in [-0.1, -0.05) is 6.07 Å². The molecule has 0 radical (unpaired) electrons. The van der Waals surface area contributed by atoms with Gasteiger partial charge in [-0.25, -0.2) is 0 Å². The first-order valence-electron chi connectivity index (χ1n) is 7.52. The van der Waals surface area contributed by atoms with Gasteiger partial charge in [-0.05, 0) is 64.3 Å². The Kier molecular flexibility index (Phi) is 5.34. The van der Waals surface area contributed by atoms with E-state index in [1.54, 1.807) is 0 Å². The number of nitrogens with one attached hydrogen (secondary N) is 1. The fraction of sp³-hybridized carbons (Fsp3) is 0.688. The molecule has 1 aliphatic heterocycles. The lowest BCUT2D eigenvalue weighted by Gasteiger charge is -2.32. The van der Waals surface area contributed by atoms with Crippen molar-refractivity contribution < 1.29 is 0 Å². The second-order valence-electron chi connectivity index (χ2n) is 6.00. The Bertz CT molecular complexity index is 383. The molecular weight excluding hydrogens is 234 g/mol. The lowest BCUT2D eigenvalue weighted by atomic mass is 9.98. The molecule has 3 nitrogen and oxygen atoms in total. The predicted molar refractivity (Wildman–Crippen MR) is 80.1 cm³/mol. The summed E-state index contributed by atoms with van der Waals surface area (Å²) in [6.07, 6.45) is 4.58. The molecule has 0 bridgehead atoms. The highest BCUT2D eigenvalue weighted by Gasteiger charge is 2.19. The van der Waals surface area contributed by atoms with E-state index in [1.807, 2.05) is 12.3 Å². The van der Waals surface area contributed by atoms with Crippen LogP contribution in [0.4, 0.5) is 0 Å². The van der Waals surface area contributed by atoms with Gasteiger partial charge in [0.15, 0.2) is 0 Å². The molecule has 2 rings (SSSR count). The lowest BCUT2D eigenvalue weighted by Crippen LogP contribution is -2.41. The summed E-state index contributed by atoms with van der Waals surface area (Å²) < 4.78 is 0. The third-order valence-corrected chi connectivity index (χ3v) is 4.09. The van der Waals surface area contributed by atoms with Crippen molar-refractivity contribution in [2.75, 3.05) is 19.6 Å². The van der Waals surface area contributed by atoms with Crippen molar-refractivity contribution in [2.45, 2.75) is 46.2 Å². The molecule has 1 atom stereocenters. The lowest BCUT2D eigenvalue weighted by molar-refractivity contribution is 0.162. The first-order chi connectivity index (χ1) is 9.16. The van der Waals surface area contributed by atoms with Gasteiger partial charge >= 0.3 is 0 Å². The number of rotatable bonds is 5. The zero-order chi connectivity index (χ0) is 13.7. The molecule has 106 valence electrons. The average Bonchev–Trinajstić information content (AvgIpc) is 2.41. The molecule has 1 N–H and O–H groups in total. The number of pyridine rings is 1. The maximum atomic E-state index is 4.54. The molecule has 1 unspecified atom stereocenters. The van der Waals surface area contributed by atoms with Crippen LogP contribution in [0.15, 0.2) is 18.3 Å². The molecular formula is C16H27N3. The van der Waals surface area contributed by atoms with Crippen LogP contribution in [0.25, 0.3) is 0 Å². The number of aryl methyl sites for hydroxylation is 1. The molecule has 2 heterocycles. The largest absolute Gasteiger partial charge is 0.316 e. The summed E-state index contributed by atoms with van der Waals surface area (Å²) in [7, 11) is 0. The van der Waals surface area contributed by atoms with Crippen LogP contribution in [0, 0.1) is 12.8 Å². The summed E-state index contributed by atoms with van der Waals surface area (Å²) in [6.45, 7) is 11.2. The van der Waals surface area contributed by atoms with Crippen LogP contribution in [0.3, 0.4) is 0 Å². The molecule has 1 aliphatic rings. The summed E-state index contributed by atoms with van der Waals surface area (Å²) in [5, 5.41) is 3.51. The van der Waals surface area contributed by atoms with E-state index in [0.717, 1.165) is 12.5 Å². The summed E-state index contributed by atoms with van der Waals surface area (Å²) in [6, 6.07) is 4.75. The second kappa shape index (κ2) is 7.01. The summed E-state index contributed by atoms with van der Waals surface area (Å²) in [4.78, 5) is 7.10. The smallest absolute Gasteiger partial charge is 0.0573 e. The van der Waals surface area contributed by atoms with Crippen molar-refractivity contribution >= 4 is 0 Å². The van der Waals surface area contributed by atoms with Gasteiger partial charge in [0.05, 0.1) is 5.69 Å². The molecule has 19 heavy (non-hydrogen) atoms. The molecule has 1 fully saturated rings. The number of piperidine rings is 1. The van der Waals surface area contributed by atoms with Crippen LogP contribution in [-0.2, 0) is 6.54 Å². The van der Waals surface area contributed by atoms with Crippen molar-refractivity contribution in [1.29, 1.82) is 0 Å². The molecule has 1 aromatic heterocycles. The van der Waals surface area contributed by atoms with Crippen molar-refractivity contribution in [3.63, 3.8) is 0 Å². The van der Waals surface area contributed by atoms with E-state index in [-0.39, 0.29) is 0 Å². The highest BCUT2D eigenvalue weighted by molar-refractivity contribution is 5.17. The fourth-order valence-corrected chi connectivity index (χ4v) is 2.75. The Morgan fingerprint density at radius 1 is 1.47 bits per heavy atom. The zero-order valence-electron chi connectivity index (χ0n) is 12.5. The van der Waals surface area contributed by atoms with E-state index in [9.17, 15) is 0 Å². The van der Waals surface area contributed by atoms with Crippen molar-refractivity contribution in [2.24, 2.45) is 5.92 Å². The van der Waals surface area contributed by atoms with E-state index in [2.05, 4.69) is 42.0 Å². The average molecular weight is 261 g/mol. The van der Waals surface area contributed by atoms with Crippen LogP contribution in [0.2, 0.25) is 0 Å². The van der Waals surface area contributed by atoms with Crippen LogP contribution in [0.1, 0.15) is 37.9 Å². The number of hydrogen-bond acceptors (Lipinski definition) is 3. The number of hydrogen-bond donors (Lipinski definition) is 1. The molecule has 0 spiro atoms. The highest BCUT2D eigenvalue weighted by atomic mass is 15.2. The monoisotopic (exact) mass is 261 g/mol. The SMILES string of the molecule is Cc1cccnc1CN(CC1CCCNC1)C(C)C.